The van der Waals surface area contributed by atoms with E-state index in [0.717, 1.165) is 16.9 Å². The van der Waals surface area contributed by atoms with Crippen LogP contribution in [0.25, 0.3) is 6.08 Å². The van der Waals surface area contributed by atoms with Gasteiger partial charge < -0.3 is 10.1 Å². The summed E-state index contributed by atoms with van der Waals surface area (Å²) in [5.41, 5.74) is 0.956. The molecule has 5 heteroatoms. The van der Waals surface area contributed by atoms with E-state index in [-0.39, 0.29) is 11.5 Å². The molecule has 0 atom stereocenters. The maximum absolute atomic E-state index is 11.9. The highest BCUT2D eigenvalue weighted by molar-refractivity contribution is 7.98. The third-order valence-corrected chi connectivity index (χ3v) is 3.49. The highest BCUT2D eigenvalue weighted by Crippen LogP contribution is 2.16. The van der Waals surface area contributed by atoms with E-state index in [9.17, 15) is 4.79 Å². The third-order valence-electron chi connectivity index (χ3n) is 2.75. The Morgan fingerprint density at radius 1 is 1.43 bits per heavy atom. The topological polar surface area (TPSA) is 62.1 Å². The van der Waals surface area contributed by atoms with Gasteiger partial charge in [-0.15, -0.1) is 11.8 Å². The Hall–Kier alpha value is -1.77. The van der Waals surface area contributed by atoms with E-state index in [2.05, 4.69) is 5.32 Å². The van der Waals surface area contributed by atoms with Crippen LogP contribution in [0, 0.1) is 11.3 Å². The van der Waals surface area contributed by atoms with E-state index in [0.29, 0.717) is 19.8 Å². The Kier molecular flexibility index (Phi) is 8.25. The first-order valence-electron chi connectivity index (χ1n) is 6.83. The maximum atomic E-state index is 11.9. The number of nitrogens with zero attached hydrogens (tertiary/aromatic N) is 1. The normalized spacial score (nSPS) is 11.0. The fourth-order valence-corrected chi connectivity index (χ4v) is 2.04. The van der Waals surface area contributed by atoms with Gasteiger partial charge in [-0.2, -0.15) is 5.26 Å². The molecule has 0 saturated carbocycles. The Bertz CT molecular complexity index is 518. The van der Waals surface area contributed by atoms with E-state index in [1.807, 2.05) is 43.5 Å². The number of nitrogens with one attached hydrogen (secondary N) is 1. The number of hydrogen-bond acceptors (Lipinski definition) is 4. The monoisotopic (exact) mass is 304 g/mol. The van der Waals surface area contributed by atoms with Crippen LogP contribution in [0.2, 0.25) is 0 Å². The lowest BCUT2D eigenvalue weighted by Crippen LogP contribution is -2.26. The molecule has 0 aliphatic heterocycles. The molecule has 0 unspecified atom stereocenters. The minimum Gasteiger partial charge on any atom is -0.382 e. The van der Waals surface area contributed by atoms with Crippen molar-refractivity contribution in [3.8, 4) is 6.07 Å². The van der Waals surface area contributed by atoms with E-state index in [4.69, 9.17) is 10.00 Å². The summed E-state index contributed by atoms with van der Waals surface area (Å²) in [4.78, 5) is 13.0. The average Bonchev–Trinajstić information content (AvgIpc) is 2.52. The quantitative estimate of drug-likeness (QED) is 0.347. The highest BCUT2D eigenvalue weighted by Gasteiger charge is 2.08. The van der Waals surface area contributed by atoms with Crippen LogP contribution in [-0.4, -0.2) is 31.9 Å². The van der Waals surface area contributed by atoms with Crippen molar-refractivity contribution >= 4 is 23.7 Å². The predicted octanol–water partition coefficient (Wildman–Crippen LogP) is 2.86. The molecule has 21 heavy (non-hydrogen) atoms. The standard InChI is InChI=1S/C16H20N2O2S/c1-3-20-10-4-9-18-16(19)14(12-17)11-13-5-7-15(21-2)8-6-13/h5-8,11H,3-4,9-10H2,1-2H3,(H,18,19). The Labute approximate surface area is 130 Å². The Morgan fingerprint density at radius 2 is 2.14 bits per heavy atom. The molecule has 0 aliphatic carbocycles. The van der Waals surface area contributed by atoms with Crippen molar-refractivity contribution in [3.05, 3.63) is 35.4 Å². The zero-order valence-corrected chi connectivity index (χ0v) is 13.2. The van der Waals surface area contributed by atoms with Crippen molar-refractivity contribution in [1.82, 2.24) is 5.32 Å². The lowest BCUT2D eigenvalue weighted by atomic mass is 10.1. The van der Waals surface area contributed by atoms with Gasteiger partial charge in [0.25, 0.3) is 5.91 Å². The van der Waals surface area contributed by atoms with Crippen LogP contribution >= 0.6 is 11.8 Å². The molecular formula is C16H20N2O2S. The summed E-state index contributed by atoms with van der Waals surface area (Å²) in [5.74, 6) is -0.344. The number of ether oxygens (including phenoxy) is 1. The molecule has 1 rings (SSSR count). The molecule has 0 heterocycles. The molecule has 1 N–H and O–H groups in total. The molecule has 0 bridgehead atoms. The minimum absolute atomic E-state index is 0.114. The van der Waals surface area contributed by atoms with E-state index in [1.165, 1.54) is 0 Å². The number of rotatable bonds is 8. The van der Waals surface area contributed by atoms with Crippen molar-refractivity contribution in [3.63, 3.8) is 0 Å². The lowest BCUT2D eigenvalue weighted by Gasteiger charge is -2.04. The average molecular weight is 304 g/mol. The van der Waals surface area contributed by atoms with Crippen LogP contribution in [0.1, 0.15) is 18.9 Å². The van der Waals surface area contributed by atoms with Gasteiger partial charge in [-0.05, 0) is 43.4 Å². The van der Waals surface area contributed by atoms with Crippen molar-refractivity contribution in [1.29, 1.82) is 5.26 Å². The Balaban J connectivity index is 2.57. The van der Waals surface area contributed by atoms with Crippen LogP contribution in [0.4, 0.5) is 0 Å². The zero-order chi connectivity index (χ0) is 15.5. The number of benzene rings is 1. The number of hydrogen-bond donors (Lipinski definition) is 1. The second-order valence-corrected chi connectivity index (χ2v) is 5.13. The van der Waals surface area contributed by atoms with Gasteiger partial charge in [0.05, 0.1) is 0 Å². The number of thioether (sulfide) groups is 1. The van der Waals surface area contributed by atoms with Gasteiger partial charge in [0, 0.05) is 24.7 Å². The molecule has 0 fully saturated rings. The minimum atomic E-state index is -0.344. The fourth-order valence-electron chi connectivity index (χ4n) is 1.63. The van der Waals surface area contributed by atoms with Crippen molar-refractivity contribution < 1.29 is 9.53 Å². The summed E-state index contributed by atoms with van der Waals surface area (Å²) in [7, 11) is 0. The van der Waals surface area contributed by atoms with E-state index < -0.39 is 0 Å². The molecule has 4 nitrogen and oxygen atoms in total. The maximum Gasteiger partial charge on any atom is 0.261 e. The molecule has 1 aromatic carbocycles. The summed E-state index contributed by atoms with van der Waals surface area (Å²) in [6.07, 6.45) is 4.34. The van der Waals surface area contributed by atoms with E-state index >= 15 is 0 Å². The summed E-state index contributed by atoms with van der Waals surface area (Å²) >= 11 is 1.65. The van der Waals surface area contributed by atoms with Crippen molar-refractivity contribution in [2.45, 2.75) is 18.2 Å². The van der Waals surface area contributed by atoms with Gasteiger partial charge in [-0.1, -0.05) is 12.1 Å². The number of carbonyl (C=O) groups excluding carboxylic acids is 1. The van der Waals surface area contributed by atoms with Gasteiger partial charge >= 0.3 is 0 Å². The second-order valence-electron chi connectivity index (χ2n) is 4.25. The Morgan fingerprint density at radius 3 is 2.71 bits per heavy atom. The van der Waals surface area contributed by atoms with Crippen LogP contribution in [-0.2, 0) is 9.53 Å². The molecule has 112 valence electrons. The number of nitriles is 1. The summed E-state index contributed by atoms with van der Waals surface area (Å²) in [5, 5.41) is 11.8. The lowest BCUT2D eigenvalue weighted by molar-refractivity contribution is -0.117. The van der Waals surface area contributed by atoms with Crippen molar-refractivity contribution in [2.75, 3.05) is 26.0 Å². The molecule has 0 saturated heterocycles. The van der Waals surface area contributed by atoms with Gasteiger partial charge in [0.2, 0.25) is 0 Å². The van der Waals surface area contributed by atoms with Crippen LogP contribution in [0.5, 0.6) is 0 Å². The van der Waals surface area contributed by atoms with Gasteiger partial charge in [0.15, 0.2) is 0 Å². The molecule has 0 radical (unpaired) electrons. The smallest absolute Gasteiger partial charge is 0.261 e. The largest absolute Gasteiger partial charge is 0.382 e. The predicted molar refractivity (Wildman–Crippen MR) is 85.9 cm³/mol. The van der Waals surface area contributed by atoms with Gasteiger partial charge in [-0.3, -0.25) is 4.79 Å². The van der Waals surface area contributed by atoms with Gasteiger partial charge in [-0.25, -0.2) is 0 Å². The molecule has 1 amide bonds. The zero-order valence-electron chi connectivity index (χ0n) is 12.4. The number of carbonyl (C=O) groups is 1. The first kappa shape index (κ1) is 17.3. The molecule has 1 aromatic rings. The summed E-state index contributed by atoms with van der Waals surface area (Å²) in [6, 6.07) is 9.66. The van der Waals surface area contributed by atoms with Crippen LogP contribution < -0.4 is 5.32 Å². The first-order valence-corrected chi connectivity index (χ1v) is 8.05. The highest BCUT2D eigenvalue weighted by atomic mass is 32.2. The number of amides is 1. The molecule has 0 aromatic heterocycles. The summed E-state index contributed by atoms with van der Waals surface area (Å²) < 4.78 is 5.19. The third kappa shape index (κ3) is 6.48. The molecule has 0 aliphatic rings. The SMILES string of the molecule is CCOCCCNC(=O)C(C#N)=Cc1ccc(SC)cc1. The fraction of sp³-hybridized carbons (Fsp3) is 0.375. The summed E-state index contributed by atoms with van der Waals surface area (Å²) in [6.45, 7) is 3.71. The van der Waals surface area contributed by atoms with Crippen molar-refractivity contribution in [2.24, 2.45) is 0 Å². The van der Waals surface area contributed by atoms with Crippen LogP contribution in [0.3, 0.4) is 0 Å². The van der Waals surface area contributed by atoms with E-state index in [1.54, 1.807) is 17.8 Å². The van der Waals surface area contributed by atoms with Gasteiger partial charge in [0.1, 0.15) is 11.6 Å². The molecular weight excluding hydrogens is 284 g/mol. The first-order chi connectivity index (χ1) is 10.2. The van der Waals surface area contributed by atoms with Crippen LogP contribution in [0.15, 0.2) is 34.7 Å². The second kappa shape index (κ2) is 10.0. The molecule has 0 spiro atoms.